The van der Waals surface area contributed by atoms with Crippen LogP contribution in [0.4, 0.5) is 5.69 Å². The van der Waals surface area contributed by atoms with Crippen molar-refractivity contribution in [3.8, 4) is 0 Å². The largest absolute Gasteiger partial charge is 0.472 e. The average molecular weight is 412 g/mol. The molecule has 1 aliphatic heterocycles. The van der Waals surface area contributed by atoms with Gasteiger partial charge in [-0.1, -0.05) is 27.5 Å². The van der Waals surface area contributed by atoms with Gasteiger partial charge < -0.3 is 14.6 Å². The van der Waals surface area contributed by atoms with Gasteiger partial charge in [0.05, 0.1) is 22.5 Å². The molecule has 7 heteroatoms. The lowest BCUT2D eigenvalue weighted by Crippen LogP contribution is -2.41. The summed E-state index contributed by atoms with van der Waals surface area (Å²) >= 11 is 9.46. The van der Waals surface area contributed by atoms with Crippen LogP contribution < -0.4 is 5.32 Å². The number of benzene rings is 1. The normalized spacial score (nSPS) is 15.3. The number of rotatable bonds is 3. The Labute approximate surface area is 153 Å². The molecule has 0 unspecified atom stereocenters. The Morgan fingerprint density at radius 1 is 1.25 bits per heavy atom. The highest BCUT2D eigenvalue weighted by atomic mass is 79.9. The summed E-state index contributed by atoms with van der Waals surface area (Å²) in [6.07, 6.45) is 4.18. The van der Waals surface area contributed by atoms with Crippen LogP contribution in [0.3, 0.4) is 0 Å². The van der Waals surface area contributed by atoms with E-state index in [9.17, 15) is 9.59 Å². The first kappa shape index (κ1) is 17.0. The Morgan fingerprint density at radius 2 is 2.00 bits per heavy atom. The lowest BCUT2D eigenvalue weighted by molar-refractivity contribution is -0.121. The standard InChI is InChI=1S/C17H16BrClN2O3/c18-13-1-2-15(14(19)9-13)20-16(22)11-3-6-21(7-4-11)17(23)12-5-8-24-10-12/h1-2,5,8-11H,3-4,6-7H2,(H,20,22). The van der Waals surface area contributed by atoms with Crippen LogP contribution in [0.2, 0.25) is 5.02 Å². The van der Waals surface area contributed by atoms with Crippen LogP contribution in [0.15, 0.2) is 45.7 Å². The zero-order chi connectivity index (χ0) is 17.1. The van der Waals surface area contributed by atoms with Gasteiger partial charge in [0.25, 0.3) is 5.91 Å². The van der Waals surface area contributed by atoms with E-state index in [4.69, 9.17) is 16.0 Å². The molecule has 1 saturated heterocycles. The maximum Gasteiger partial charge on any atom is 0.257 e. The average Bonchev–Trinajstić information content (AvgIpc) is 3.11. The minimum absolute atomic E-state index is 0.0569. The molecule has 1 aliphatic rings. The fourth-order valence-electron chi connectivity index (χ4n) is 2.74. The van der Waals surface area contributed by atoms with Crippen molar-refractivity contribution in [3.05, 3.63) is 51.9 Å². The minimum atomic E-state index is -0.127. The molecular weight excluding hydrogens is 396 g/mol. The van der Waals surface area contributed by atoms with Gasteiger partial charge in [0.1, 0.15) is 6.26 Å². The first-order valence-electron chi connectivity index (χ1n) is 7.62. The number of amides is 2. The molecule has 126 valence electrons. The number of hydrogen-bond acceptors (Lipinski definition) is 3. The summed E-state index contributed by atoms with van der Waals surface area (Å²) < 4.78 is 5.80. The SMILES string of the molecule is O=C(Nc1ccc(Br)cc1Cl)C1CCN(C(=O)c2ccoc2)CC1. The van der Waals surface area contributed by atoms with E-state index < -0.39 is 0 Å². The summed E-state index contributed by atoms with van der Waals surface area (Å²) in [5, 5.41) is 3.36. The van der Waals surface area contributed by atoms with Crippen molar-refractivity contribution in [2.45, 2.75) is 12.8 Å². The van der Waals surface area contributed by atoms with Crippen molar-refractivity contribution in [1.29, 1.82) is 0 Å². The lowest BCUT2D eigenvalue weighted by atomic mass is 9.95. The number of hydrogen-bond donors (Lipinski definition) is 1. The number of nitrogens with one attached hydrogen (secondary N) is 1. The minimum Gasteiger partial charge on any atom is -0.472 e. The van der Waals surface area contributed by atoms with Gasteiger partial charge in [-0.2, -0.15) is 0 Å². The van der Waals surface area contributed by atoms with Crippen LogP contribution in [0.1, 0.15) is 23.2 Å². The van der Waals surface area contributed by atoms with Crippen LogP contribution in [0.5, 0.6) is 0 Å². The van der Waals surface area contributed by atoms with Gasteiger partial charge in [-0.05, 0) is 37.1 Å². The third-order valence-electron chi connectivity index (χ3n) is 4.11. The van der Waals surface area contributed by atoms with E-state index in [1.807, 2.05) is 6.07 Å². The van der Waals surface area contributed by atoms with E-state index >= 15 is 0 Å². The molecule has 0 bridgehead atoms. The Bertz CT molecular complexity index is 740. The molecule has 24 heavy (non-hydrogen) atoms. The van der Waals surface area contributed by atoms with Crippen molar-refractivity contribution < 1.29 is 14.0 Å². The Morgan fingerprint density at radius 3 is 2.62 bits per heavy atom. The molecule has 0 spiro atoms. The zero-order valence-corrected chi connectivity index (χ0v) is 15.1. The van der Waals surface area contributed by atoms with Crippen molar-refractivity contribution in [2.24, 2.45) is 5.92 Å². The molecular formula is C17H16BrClN2O3. The molecule has 2 heterocycles. The van der Waals surface area contributed by atoms with Gasteiger partial charge in [0, 0.05) is 23.5 Å². The number of nitrogens with zero attached hydrogens (tertiary/aromatic N) is 1. The second-order valence-electron chi connectivity index (χ2n) is 5.69. The van der Waals surface area contributed by atoms with Crippen LogP contribution in [-0.2, 0) is 4.79 Å². The lowest BCUT2D eigenvalue weighted by Gasteiger charge is -2.31. The number of halogens is 2. The fraction of sp³-hybridized carbons (Fsp3) is 0.294. The van der Waals surface area contributed by atoms with Gasteiger partial charge >= 0.3 is 0 Å². The van der Waals surface area contributed by atoms with Crippen LogP contribution in [0, 0.1) is 5.92 Å². The molecule has 2 aromatic rings. The van der Waals surface area contributed by atoms with E-state index in [2.05, 4.69) is 21.2 Å². The van der Waals surface area contributed by atoms with E-state index in [-0.39, 0.29) is 17.7 Å². The molecule has 1 aromatic heterocycles. The maximum atomic E-state index is 12.4. The number of anilines is 1. The van der Waals surface area contributed by atoms with Gasteiger partial charge in [-0.15, -0.1) is 0 Å². The van der Waals surface area contributed by atoms with Crippen molar-refractivity contribution >= 4 is 45.0 Å². The predicted octanol–water partition coefficient (Wildman–Crippen LogP) is 4.19. The van der Waals surface area contributed by atoms with Crippen molar-refractivity contribution in [2.75, 3.05) is 18.4 Å². The van der Waals surface area contributed by atoms with Gasteiger partial charge in [0.2, 0.25) is 5.91 Å². The van der Waals surface area contributed by atoms with Crippen LogP contribution in [0.25, 0.3) is 0 Å². The number of piperidine rings is 1. The Hall–Kier alpha value is -1.79. The highest BCUT2D eigenvalue weighted by Gasteiger charge is 2.28. The fourth-order valence-corrected chi connectivity index (χ4v) is 3.46. The predicted molar refractivity (Wildman–Crippen MR) is 95.1 cm³/mol. The summed E-state index contributed by atoms with van der Waals surface area (Å²) in [4.78, 5) is 26.4. The molecule has 2 amide bonds. The first-order chi connectivity index (χ1) is 11.5. The highest BCUT2D eigenvalue weighted by molar-refractivity contribution is 9.10. The Balaban J connectivity index is 1.56. The molecule has 0 saturated carbocycles. The summed E-state index contributed by atoms with van der Waals surface area (Å²) in [5.74, 6) is -0.244. The maximum absolute atomic E-state index is 12.4. The summed E-state index contributed by atoms with van der Waals surface area (Å²) in [6.45, 7) is 1.10. The van der Waals surface area contributed by atoms with Gasteiger partial charge in [0.15, 0.2) is 0 Å². The summed E-state index contributed by atoms with van der Waals surface area (Å²) in [6, 6.07) is 6.98. The summed E-state index contributed by atoms with van der Waals surface area (Å²) in [5.41, 5.74) is 1.14. The van der Waals surface area contributed by atoms with E-state index in [1.54, 1.807) is 23.1 Å². The molecule has 0 radical (unpaired) electrons. The number of likely N-dealkylation sites (tertiary alicyclic amines) is 1. The molecule has 1 N–H and O–H groups in total. The second kappa shape index (κ2) is 7.40. The topological polar surface area (TPSA) is 62.6 Å². The number of carbonyl (C=O) groups is 2. The van der Waals surface area contributed by atoms with Crippen molar-refractivity contribution in [3.63, 3.8) is 0 Å². The first-order valence-corrected chi connectivity index (χ1v) is 8.79. The molecule has 3 rings (SSSR count). The second-order valence-corrected chi connectivity index (χ2v) is 7.01. The quantitative estimate of drug-likeness (QED) is 0.824. The van der Waals surface area contributed by atoms with Crippen molar-refractivity contribution in [1.82, 2.24) is 4.90 Å². The number of carbonyl (C=O) groups excluding carboxylic acids is 2. The van der Waals surface area contributed by atoms with Crippen LogP contribution >= 0.6 is 27.5 Å². The summed E-state index contributed by atoms with van der Waals surface area (Å²) in [7, 11) is 0. The van der Waals surface area contributed by atoms with Crippen LogP contribution in [-0.4, -0.2) is 29.8 Å². The zero-order valence-electron chi connectivity index (χ0n) is 12.8. The third kappa shape index (κ3) is 3.82. The van der Waals surface area contributed by atoms with E-state index in [0.717, 1.165) is 4.47 Å². The molecule has 1 aromatic carbocycles. The molecule has 1 fully saturated rings. The Kier molecular flexibility index (Phi) is 5.26. The van der Waals surface area contributed by atoms with E-state index in [0.29, 0.717) is 42.2 Å². The molecule has 5 nitrogen and oxygen atoms in total. The smallest absolute Gasteiger partial charge is 0.257 e. The van der Waals surface area contributed by atoms with Gasteiger partial charge in [-0.25, -0.2) is 0 Å². The number of furan rings is 1. The molecule has 0 aliphatic carbocycles. The highest BCUT2D eigenvalue weighted by Crippen LogP contribution is 2.27. The monoisotopic (exact) mass is 410 g/mol. The molecule has 0 atom stereocenters. The van der Waals surface area contributed by atoms with Gasteiger partial charge in [-0.3, -0.25) is 9.59 Å². The van der Waals surface area contributed by atoms with E-state index in [1.165, 1.54) is 12.5 Å². The third-order valence-corrected chi connectivity index (χ3v) is 4.92.